The monoisotopic (exact) mass is 272 g/mol. The van der Waals surface area contributed by atoms with Gasteiger partial charge in [-0.1, -0.05) is 44.2 Å². The third kappa shape index (κ3) is 3.94. The number of aliphatic hydroxyl groups is 1. The van der Waals surface area contributed by atoms with Crippen LogP contribution in [0.4, 0.5) is 0 Å². The predicted molar refractivity (Wildman–Crippen MR) is 81.7 cm³/mol. The summed E-state index contributed by atoms with van der Waals surface area (Å²) in [6, 6.07) is 12.6. The van der Waals surface area contributed by atoms with Crippen LogP contribution in [0, 0.1) is 0 Å². The average Bonchev–Trinajstić information content (AvgIpc) is 2.89. The Morgan fingerprint density at radius 1 is 1.05 bits per heavy atom. The molecule has 108 valence electrons. The summed E-state index contributed by atoms with van der Waals surface area (Å²) in [7, 11) is 0. The van der Waals surface area contributed by atoms with Crippen molar-refractivity contribution in [1.82, 2.24) is 9.78 Å². The molecule has 0 radical (unpaired) electrons. The minimum absolute atomic E-state index is 0.373. The van der Waals surface area contributed by atoms with Gasteiger partial charge in [-0.25, -0.2) is 0 Å². The molecule has 0 saturated carbocycles. The van der Waals surface area contributed by atoms with Gasteiger partial charge in [0.15, 0.2) is 0 Å². The molecule has 1 aromatic heterocycles. The van der Waals surface area contributed by atoms with E-state index in [0.29, 0.717) is 18.9 Å². The molecule has 1 unspecified atom stereocenters. The number of aliphatic hydroxyl groups excluding tert-OH is 1. The molecule has 1 heterocycles. The highest BCUT2D eigenvalue weighted by Gasteiger charge is 2.11. The van der Waals surface area contributed by atoms with Crippen LogP contribution in [0.1, 0.15) is 44.0 Å². The Balaban J connectivity index is 1.93. The summed E-state index contributed by atoms with van der Waals surface area (Å²) < 4.78 is 2.03. The fraction of sp³-hybridized carbons (Fsp3) is 0.471. The Hall–Kier alpha value is -1.61. The Morgan fingerprint density at radius 3 is 2.40 bits per heavy atom. The molecule has 3 nitrogen and oxygen atoms in total. The molecule has 0 fully saturated rings. The lowest BCUT2D eigenvalue weighted by molar-refractivity contribution is 0.173. The van der Waals surface area contributed by atoms with E-state index in [1.165, 1.54) is 5.56 Å². The van der Waals surface area contributed by atoms with Gasteiger partial charge in [0, 0.05) is 12.6 Å². The van der Waals surface area contributed by atoms with E-state index in [1.54, 1.807) is 0 Å². The highest BCUT2D eigenvalue weighted by Crippen LogP contribution is 2.15. The number of benzene rings is 1. The molecular formula is C17H24N2O. The first-order valence-corrected chi connectivity index (χ1v) is 7.49. The molecule has 0 saturated heterocycles. The van der Waals surface area contributed by atoms with E-state index in [1.807, 2.05) is 47.3 Å². The third-order valence-corrected chi connectivity index (χ3v) is 3.74. The van der Waals surface area contributed by atoms with Gasteiger partial charge < -0.3 is 5.11 Å². The molecule has 1 atom stereocenters. The van der Waals surface area contributed by atoms with Crippen molar-refractivity contribution in [3.63, 3.8) is 0 Å². The van der Waals surface area contributed by atoms with Crippen molar-refractivity contribution in [2.75, 3.05) is 0 Å². The zero-order valence-electron chi connectivity index (χ0n) is 12.4. The first-order valence-electron chi connectivity index (χ1n) is 7.49. The van der Waals surface area contributed by atoms with Crippen molar-refractivity contribution in [2.24, 2.45) is 0 Å². The summed E-state index contributed by atoms with van der Waals surface area (Å²) >= 11 is 0. The topological polar surface area (TPSA) is 38.0 Å². The van der Waals surface area contributed by atoms with E-state index in [-0.39, 0.29) is 6.10 Å². The molecule has 2 rings (SSSR count). The Morgan fingerprint density at radius 2 is 1.75 bits per heavy atom. The SMILES string of the molecule is CCC(CC)n1ccc(CC(O)Cc2ccccc2)n1. The van der Waals surface area contributed by atoms with Crippen LogP contribution in [0.15, 0.2) is 42.6 Å². The fourth-order valence-corrected chi connectivity index (χ4v) is 2.55. The van der Waals surface area contributed by atoms with Gasteiger partial charge in [-0.05, 0) is 30.9 Å². The second-order valence-electron chi connectivity index (χ2n) is 5.31. The molecule has 1 aromatic carbocycles. The van der Waals surface area contributed by atoms with E-state index in [4.69, 9.17) is 0 Å². The Bertz CT molecular complexity index is 503. The van der Waals surface area contributed by atoms with Gasteiger partial charge in [0.2, 0.25) is 0 Å². The molecule has 1 N–H and O–H groups in total. The van der Waals surface area contributed by atoms with Crippen molar-refractivity contribution in [2.45, 2.75) is 51.7 Å². The number of hydrogen-bond acceptors (Lipinski definition) is 2. The number of aromatic nitrogens is 2. The first kappa shape index (κ1) is 14.8. The summed E-state index contributed by atoms with van der Waals surface area (Å²) in [5.74, 6) is 0. The summed E-state index contributed by atoms with van der Waals surface area (Å²) in [4.78, 5) is 0. The van der Waals surface area contributed by atoms with Crippen LogP contribution in [0.3, 0.4) is 0 Å². The van der Waals surface area contributed by atoms with Crippen molar-refractivity contribution < 1.29 is 5.11 Å². The van der Waals surface area contributed by atoms with Gasteiger partial charge in [0.1, 0.15) is 0 Å². The quantitative estimate of drug-likeness (QED) is 0.839. The number of hydrogen-bond donors (Lipinski definition) is 1. The highest BCUT2D eigenvalue weighted by atomic mass is 16.3. The molecule has 0 bridgehead atoms. The van der Waals surface area contributed by atoms with Crippen LogP contribution in [0.5, 0.6) is 0 Å². The smallest absolute Gasteiger partial charge is 0.0650 e. The van der Waals surface area contributed by atoms with Gasteiger partial charge in [0.05, 0.1) is 17.8 Å². The van der Waals surface area contributed by atoms with Crippen molar-refractivity contribution >= 4 is 0 Å². The lowest BCUT2D eigenvalue weighted by Gasteiger charge is -2.13. The summed E-state index contributed by atoms with van der Waals surface area (Å²) in [5, 5.41) is 14.8. The minimum atomic E-state index is -0.373. The molecule has 0 aliphatic rings. The largest absolute Gasteiger partial charge is 0.392 e. The second kappa shape index (κ2) is 7.25. The maximum absolute atomic E-state index is 10.2. The minimum Gasteiger partial charge on any atom is -0.392 e. The third-order valence-electron chi connectivity index (χ3n) is 3.74. The van der Waals surface area contributed by atoms with Crippen LogP contribution in [-0.4, -0.2) is 21.0 Å². The van der Waals surface area contributed by atoms with Crippen LogP contribution in [0.25, 0.3) is 0 Å². The molecule has 3 heteroatoms. The van der Waals surface area contributed by atoms with Crippen LogP contribution in [0.2, 0.25) is 0 Å². The maximum Gasteiger partial charge on any atom is 0.0650 e. The normalized spacial score (nSPS) is 12.8. The van der Waals surface area contributed by atoms with E-state index >= 15 is 0 Å². The van der Waals surface area contributed by atoms with Crippen molar-refractivity contribution in [3.8, 4) is 0 Å². The van der Waals surface area contributed by atoms with Crippen molar-refractivity contribution in [1.29, 1.82) is 0 Å². The lowest BCUT2D eigenvalue weighted by atomic mass is 10.0. The highest BCUT2D eigenvalue weighted by molar-refractivity contribution is 5.16. The summed E-state index contributed by atoms with van der Waals surface area (Å²) in [6.07, 6.45) is 5.12. The zero-order chi connectivity index (χ0) is 14.4. The second-order valence-corrected chi connectivity index (χ2v) is 5.31. The van der Waals surface area contributed by atoms with Gasteiger partial charge in [-0.15, -0.1) is 0 Å². The van der Waals surface area contributed by atoms with Gasteiger partial charge in [0.25, 0.3) is 0 Å². The first-order chi connectivity index (χ1) is 9.72. The standard InChI is InChI=1S/C17H24N2O/c1-3-16(4-2)19-11-10-15(18-19)13-17(20)12-14-8-6-5-7-9-14/h5-11,16-17,20H,3-4,12-13H2,1-2H3. The Labute approximate surface area is 121 Å². The molecule has 0 aliphatic carbocycles. The van der Waals surface area contributed by atoms with Gasteiger partial charge in [-0.3, -0.25) is 4.68 Å². The lowest BCUT2D eigenvalue weighted by Crippen LogP contribution is -2.15. The summed E-state index contributed by atoms with van der Waals surface area (Å²) in [5.41, 5.74) is 2.14. The molecule has 0 amide bonds. The maximum atomic E-state index is 10.2. The van der Waals surface area contributed by atoms with Crippen LogP contribution >= 0.6 is 0 Å². The molecule has 0 aliphatic heterocycles. The van der Waals surface area contributed by atoms with E-state index in [9.17, 15) is 5.11 Å². The van der Waals surface area contributed by atoms with E-state index in [0.717, 1.165) is 18.5 Å². The van der Waals surface area contributed by atoms with Crippen LogP contribution in [-0.2, 0) is 12.8 Å². The summed E-state index contributed by atoms with van der Waals surface area (Å²) in [6.45, 7) is 4.36. The van der Waals surface area contributed by atoms with Crippen molar-refractivity contribution in [3.05, 3.63) is 53.9 Å². The molecular weight excluding hydrogens is 248 g/mol. The van der Waals surface area contributed by atoms with E-state index in [2.05, 4.69) is 18.9 Å². The molecule has 0 spiro atoms. The van der Waals surface area contributed by atoms with E-state index < -0.39 is 0 Å². The van der Waals surface area contributed by atoms with Crippen LogP contribution < -0.4 is 0 Å². The molecule has 20 heavy (non-hydrogen) atoms. The average molecular weight is 272 g/mol. The number of nitrogens with zero attached hydrogens (tertiary/aromatic N) is 2. The Kier molecular flexibility index (Phi) is 5.36. The number of rotatable bonds is 7. The zero-order valence-corrected chi connectivity index (χ0v) is 12.4. The molecule has 2 aromatic rings. The predicted octanol–water partition coefficient (Wildman–Crippen LogP) is 3.39. The van der Waals surface area contributed by atoms with Gasteiger partial charge >= 0.3 is 0 Å². The van der Waals surface area contributed by atoms with Gasteiger partial charge in [-0.2, -0.15) is 5.10 Å². The fourth-order valence-electron chi connectivity index (χ4n) is 2.55.